The molecule has 110 valence electrons. The topological polar surface area (TPSA) is 63.8 Å². The highest BCUT2D eigenvalue weighted by Crippen LogP contribution is 2.18. The minimum absolute atomic E-state index is 0.230. The van der Waals surface area contributed by atoms with Crippen LogP contribution in [-0.4, -0.2) is 19.2 Å². The van der Waals surface area contributed by atoms with E-state index in [-0.39, 0.29) is 11.7 Å². The van der Waals surface area contributed by atoms with Gasteiger partial charge in [0.2, 0.25) is 0 Å². The zero-order valence-corrected chi connectivity index (χ0v) is 11.9. The highest BCUT2D eigenvalue weighted by molar-refractivity contribution is 5.96. The molecule has 3 rings (SSSR count). The number of hydrogen-bond donors (Lipinski definition) is 1. The Labute approximate surface area is 127 Å². The van der Waals surface area contributed by atoms with Crippen molar-refractivity contribution in [1.82, 2.24) is 5.43 Å². The molecule has 5 heteroatoms. The summed E-state index contributed by atoms with van der Waals surface area (Å²) >= 11 is 0. The minimum Gasteiger partial charge on any atom is -0.497 e. The first-order valence-corrected chi connectivity index (χ1v) is 6.72. The Morgan fingerprint density at radius 3 is 2.68 bits per heavy atom. The molecule has 0 radical (unpaired) electrons. The maximum atomic E-state index is 12.0. The molecule has 0 atom stereocenters. The monoisotopic (exact) mass is 294 g/mol. The van der Waals surface area contributed by atoms with Crippen LogP contribution in [0.2, 0.25) is 0 Å². The number of hydrazone groups is 1. The molecule has 0 fully saturated rings. The predicted molar refractivity (Wildman–Crippen MR) is 84.3 cm³/mol. The maximum absolute atomic E-state index is 12.0. The average Bonchev–Trinajstić information content (AvgIpc) is 2.99. The molecule has 0 aliphatic carbocycles. The number of methoxy groups -OCH3 is 1. The normalized spacial score (nSPS) is 11.0. The molecule has 2 aromatic carbocycles. The van der Waals surface area contributed by atoms with Crippen LogP contribution in [0.1, 0.15) is 16.1 Å². The van der Waals surface area contributed by atoms with E-state index < -0.39 is 0 Å². The van der Waals surface area contributed by atoms with E-state index >= 15 is 0 Å². The average molecular weight is 294 g/mol. The number of para-hydroxylation sites is 1. The van der Waals surface area contributed by atoms with Crippen LogP contribution >= 0.6 is 0 Å². The fourth-order valence-electron chi connectivity index (χ4n) is 2.00. The van der Waals surface area contributed by atoms with Crippen molar-refractivity contribution in [2.75, 3.05) is 7.11 Å². The van der Waals surface area contributed by atoms with Crippen LogP contribution < -0.4 is 10.2 Å². The van der Waals surface area contributed by atoms with Crippen LogP contribution in [-0.2, 0) is 0 Å². The van der Waals surface area contributed by atoms with Crippen molar-refractivity contribution in [2.45, 2.75) is 0 Å². The Hall–Kier alpha value is -3.08. The Balaban J connectivity index is 1.67. The third kappa shape index (κ3) is 2.98. The number of carbonyl (C=O) groups is 1. The lowest BCUT2D eigenvalue weighted by molar-refractivity contribution is 0.0929. The van der Waals surface area contributed by atoms with Gasteiger partial charge in [0.05, 0.1) is 13.3 Å². The smallest absolute Gasteiger partial charge is 0.307 e. The molecule has 22 heavy (non-hydrogen) atoms. The van der Waals surface area contributed by atoms with Crippen LogP contribution in [0.25, 0.3) is 11.0 Å². The second-order valence-electron chi connectivity index (χ2n) is 4.62. The second-order valence-corrected chi connectivity index (χ2v) is 4.62. The molecule has 0 saturated carbocycles. The van der Waals surface area contributed by atoms with Crippen molar-refractivity contribution in [3.8, 4) is 5.75 Å². The first-order valence-electron chi connectivity index (χ1n) is 6.72. The molecule has 1 heterocycles. The molecule has 5 nitrogen and oxygen atoms in total. The fourth-order valence-corrected chi connectivity index (χ4v) is 2.00. The molecule has 1 amide bonds. The van der Waals surface area contributed by atoms with Crippen LogP contribution in [0, 0.1) is 0 Å². The molecule has 0 aliphatic heterocycles. The predicted octanol–water partition coefficient (Wildman–Crippen LogP) is 3.21. The van der Waals surface area contributed by atoms with Gasteiger partial charge in [0, 0.05) is 5.39 Å². The summed E-state index contributed by atoms with van der Waals surface area (Å²) < 4.78 is 10.5. The van der Waals surface area contributed by atoms with Gasteiger partial charge in [0.15, 0.2) is 5.76 Å². The number of amides is 1. The third-order valence-corrected chi connectivity index (χ3v) is 3.14. The lowest BCUT2D eigenvalue weighted by Gasteiger charge is -1.99. The van der Waals surface area contributed by atoms with Gasteiger partial charge in [0.1, 0.15) is 11.3 Å². The number of nitrogens with zero attached hydrogens (tertiary/aromatic N) is 1. The molecule has 0 unspecified atom stereocenters. The third-order valence-electron chi connectivity index (χ3n) is 3.14. The van der Waals surface area contributed by atoms with Gasteiger partial charge >= 0.3 is 5.91 Å². The molecule has 1 N–H and O–H groups in total. The van der Waals surface area contributed by atoms with Gasteiger partial charge in [-0.2, -0.15) is 5.10 Å². The molecular formula is C17H14N2O3. The number of rotatable bonds is 4. The van der Waals surface area contributed by atoms with E-state index in [1.54, 1.807) is 19.4 Å². The molecule has 0 spiro atoms. The highest BCUT2D eigenvalue weighted by atomic mass is 16.5. The Bertz CT molecular complexity index is 786. The van der Waals surface area contributed by atoms with Gasteiger partial charge in [-0.1, -0.05) is 18.2 Å². The van der Waals surface area contributed by atoms with E-state index in [4.69, 9.17) is 9.15 Å². The SMILES string of the molecule is COc1ccc(/C=N/NC(=O)c2cc3ccccc3o2)cc1. The molecule has 1 aromatic heterocycles. The van der Waals surface area contributed by atoms with Gasteiger partial charge in [-0.05, 0) is 42.0 Å². The Kier molecular flexibility index (Phi) is 3.87. The number of nitrogens with one attached hydrogen (secondary N) is 1. The van der Waals surface area contributed by atoms with Gasteiger partial charge < -0.3 is 9.15 Å². The van der Waals surface area contributed by atoms with Gasteiger partial charge in [-0.25, -0.2) is 5.43 Å². The number of benzene rings is 2. The molecular weight excluding hydrogens is 280 g/mol. The first-order chi connectivity index (χ1) is 10.8. The number of hydrogen-bond acceptors (Lipinski definition) is 4. The van der Waals surface area contributed by atoms with Crippen molar-refractivity contribution in [1.29, 1.82) is 0 Å². The Morgan fingerprint density at radius 1 is 1.18 bits per heavy atom. The number of ether oxygens (including phenoxy) is 1. The summed E-state index contributed by atoms with van der Waals surface area (Å²) in [6.07, 6.45) is 1.56. The van der Waals surface area contributed by atoms with Gasteiger partial charge in [-0.3, -0.25) is 4.79 Å². The molecule has 0 aliphatic rings. The summed E-state index contributed by atoms with van der Waals surface area (Å²) in [5, 5.41) is 4.80. The lowest BCUT2D eigenvalue weighted by atomic mass is 10.2. The molecule has 3 aromatic rings. The second kappa shape index (κ2) is 6.13. The molecule has 0 saturated heterocycles. The molecule has 0 bridgehead atoms. The van der Waals surface area contributed by atoms with E-state index in [0.717, 1.165) is 16.7 Å². The summed E-state index contributed by atoms with van der Waals surface area (Å²) in [5.41, 5.74) is 3.97. The highest BCUT2D eigenvalue weighted by Gasteiger charge is 2.10. The van der Waals surface area contributed by atoms with E-state index in [1.165, 1.54) is 0 Å². The van der Waals surface area contributed by atoms with Crippen LogP contribution in [0.3, 0.4) is 0 Å². The van der Waals surface area contributed by atoms with E-state index in [9.17, 15) is 4.79 Å². The van der Waals surface area contributed by atoms with Crippen LogP contribution in [0.15, 0.2) is 64.1 Å². The summed E-state index contributed by atoms with van der Waals surface area (Å²) in [4.78, 5) is 12.0. The zero-order chi connectivity index (χ0) is 15.4. The summed E-state index contributed by atoms with van der Waals surface area (Å²) in [6.45, 7) is 0. The quantitative estimate of drug-likeness (QED) is 0.593. The summed E-state index contributed by atoms with van der Waals surface area (Å²) in [5.74, 6) is 0.609. The van der Waals surface area contributed by atoms with Gasteiger partial charge in [0.25, 0.3) is 0 Å². The van der Waals surface area contributed by atoms with Crippen molar-refractivity contribution >= 4 is 23.1 Å². The number of carbonyl (C=O) groups excluding carboxylic acids is 1. The fraction of sp³-hybridized carbons (Fsp3) is 0.0588. The van der Waals surface area contributed by atoms with Crippen LogP contribution in [0.4, 0.5) is 0 Å². The van der Waals surface area contributed by atoms with E-state index in [0.29, 0.717) is 5.58 Å². The number of furan rings is 1. The van der Waals surface area contributed by atoms with E-state index in [2.05, 4.69) is 10.5 Å². The number of fused-ring (bicyclic) bond motifs is 1. The van der Waals surface area contributed by atoms with Crippen molar-refractivity contribution in [2.24, 2.45) is 5.10 Å². The standard InChI is InChI=1S/C17H14N2O3/c1-21-14-8-6-12(7-9-14)11-18-19-17(20)16-10-13-4-2-3-5-15(13)22-16/h2-11H,1H3,(H,19,20)/b18-11+. The lowest BCUT2D eigenvalue weighted by Crippen LogP contribution is -2.16. The van der Waals surface area contributed by atoms with Crippen LogP contribution in [0.5, 0.6) is 5.75 Å². The summed E-state index contributed by atoms with van der Waals surface area (Å²) in [7, 11) is 1.61. The van der Waals surface area contributed by atoms with Crippen molar-refractivity contribution in [3.63, 3.8) is 0 Å². The van der Waals surface area contributed by atoms with Gasteiger partial charge in [-0.15, -0.1) is 0 Å². The van der Waals surface area contributed by atoms with Crippen molar-refractivity contribution < 1.29 is 13.9 Å². The minimum atomic E-state index is -0.388. The first kappa shape index (κ1) is 13.9. The van der Waals surface area contributed by atoms with Crippen molar-refractivity contribution in [3.05, 3.63) is 65.9 Å². The maximum Gasteiger partial charge on any atom is 0.307 e. The van der Waals surface area contributed by atoms with E-state index in [1.807, 2.05) is 48.5 Å². The zero-order valence-electron chi connectivity index (χ0n) is 11.9. The Morgan fingerprint density at radius 2 is 1.95 bits per heavy atom. The summed E-state index contributed by atoms with van der Waals surface area (Å²) in [6, 6.07) is 16.5. The largest absolute Gasteiger partial charge is 0.497 e.